The van der Waals surface area contributed by atoms with E-state index in [1.165, 1.54) is 16.8 Å². The van der Waals surface area contributed by atoms with Crippen LogP contribution in [0.15, 0.2) is 36.5 Å². The Kier molecular flexibility index (Phi) is 4.74. The zero-order valence-corrected chi connectivity index (χ0v) is 12.1. The van der Waals surface area contributed by atoms with E-state index in [2.05, 4.69) is 61.5 Å². The Morgan fingerprint density at radius 2 is 2.00 bits per heavy atom. The summed E-state index contributed by atoms with van der Waals surface area (Å²) < 4.78 is 2.05. The van der Waals surface area contributed by atoms with Gasteiger partial charge in [0, 0.05) is 24.3 Å². The van der Waals surface area contributed by atoms with Crippen LogP contribution in [0, 0.1) is 0 Å². The molecule has 0 spiro atoms. The zero-order valence-electron chi connectivity index (χ0n) is 12.1. The molecule has 0 aliphatic heterocycles. The molecular weight excluding hydrogens is 234 g/mol. The summed E-state index contributed by atoms with van der Waals surface area (Å²) in [6.45, 7) is 8.48. The monoisotopic (exact) mass is 257 g/mol. The highest BCUT2D eigenvalue weighted by Crippen LogP contribution is 2.27. The number of hydrogen-bond donors (Lipinski definition) is 1. The van der Waals surface area contributed by atoms with E-state index in [4.69, 9.17) is 0 Å². The van der Waals surface area contributed by atoms with Gasteiger partial charge >= 0.3 is 0 Å². The number of nitrogens with one attached hydrogen (secondary N) is 1. The van der Waals surface area contributed by atoms with Gasteiger partial charge in [-0.3, -0.25) is 4.68 Å². The zero-order chi connectivity index (χ0) is 13.7. The number of rotatable bonds is 6. The van der Waals surface area contributed by atoms with Crippen molar-refractivity contribution >= 4 is 0 Å². The third-order valence-electron chi connectivity index (χ3n) is 3.42. The first-order chi connectivity index (χ1) is 9.27. The minimum absolute atomic E-state index is 0.358. The normalized spacial score (nSPS) is 12.6. The van der Waals surface area contributed by atoms with Gasteiger partial charge < -0.3 is 5.32 Å². The molecule has 1 aromatic heterocycles. The minimum atomic E-state index is 0.358. The quantitative estimate of drug-likeness (QED) is 0.856. The SMILES string of the molecule is CCCNC(C)c1ccccc1-c1ccnn1CC. The summed E-state index contributed by atoms with van der Waals surface area (Å²) in [4.78, 5) is 0. The van der Waals surface area contributed by atoms with Crippen molar-refractivity contribution in [1.29, 1.82) is 0 Å². The van der Waals surface area contributed by atoms with E-state index in [9.17, 15) is 0 Å². The molecule has 0 aliphatic carbocycles. The van der Waals surface area contributed by atoms with Crippen molar-refractivity contribution in [1.82, 2.24) is 15.1 Å². The highest BCUT2D eigenvalue weighted by molar-refractivity contribution is 5.64. The topological polar surface area (TPSA) is 29.9 Å². The fraction of sp³-hybridized carbons (Fsp3) is 0.438. The van der Waals surface area contributed by atoms with Gasteiger partial charge in [-0.05, 0) is 38.4 Å². The fourth-order valence-corrected chi connectivity index (χ4v) is 2.39. The molecule has 102 valence electrons. The molecule has 0 saturated carbocycles. The van der Waals surface area contributed by atoms with Crippen LogP contribution in [-0.2, 0) is 6.54 Å². The maximum Gasteiger partial charge on any atom is 0.0685 e. The third kappa shape index (κ3) is 3.04. The summed E-state index contributed by atoms with van der Waals surface area (Å²) >= 11 is 0. The first-order valence-electron chi connectivity index (χ1n) is 7.12. The average Bonchev–Trinajstić information content (AvgIpc) is 2.93. The van der Waals surface area contributed by atoms with Crippen molar-refractivity contribution < 1.29 is 0 Å². The van der Waals surface area contributed by atoms with Gasteiger partial charge in [0.25, 0.3) is 0 Å². The van der Waals surface area contributed by atoms with Crippen molar-refractivity contribution in [2.75, 3.05) is 6.54 Å². The second-order valence-electron chi connectivity index (χ2n) is 4.80. The van der Waals surface area contributed by atoms with Gasteiger partial charge in [0.15, 0.2) is 0 Å². The Balaban J connectivity index is 2.36. The predicted octanol–water partition coefficient (Wildman–Crippen LogP) is 3.63. The largest absolute Gasteiger partial charge is 0.310 e. The third-order valence-corrected chi connectivity index (χ3v) is 3.42. The van der Waals surface area contributed by atoms with Crippen LogP contribution < -0.4 is 5.32 Å². The van der Waals surface area contributed by atoms with Gasteiger partial charge in [-0.2, -0.15) is 5.10 Å². The second-order valence-corrected chi connectivity index (χ2v) is 4.80. The van der Waals surface area contributed by atoms with Crippen LogP contribution in [0.25, 0.3) is 11.3 Å². The molecule has 2 rings (SSSR count). The lowest BCUT2D eigenvalue weighted by molar-refractivity contribution is 0.570. The van der Waals surface area contributed by atoms with Crippen LogP contribution in [0.1, 0.15) is 38.8 Å². The molecule has 0 radical (unpaired) electrons. The van der Waals surface area contributed by atoms with E-state index in [0.29, 0.717) is 6.04 Å². The number of aromatic nitrogens is 2. The lowest BCUT2D eigenvalue weighted by atomic mass is 9.99. The Bertz CT molecular complexity index is 516. The highest BCUT2D eigenvalue weighted by atomic mass is 15.3. The average molecular weight is 257 g/mol. The van der Waals surface area contributed by atoms with Gasteiger partial charge in [-0.25, -0.2) is 0 Å². The van der Waals surface area contributed by atoms with Crippen molar-refractivity contribution in [2.45, 2.75) is 39.8 Å². The van der Waals surface area contributed by atoms with E-state index in [1.807, 2.05) is 10.9 Å². The summed E-state index contributed by atoms with van der Waals surface area (Å²) in [7, 11) is 0. The summed E-state index contributed by atoms with van der Waals surface area (Å²) in [5.74, 6) is 0. The van der Waals surface area contributed by atoms with Crippen LogP contribution in [0.4, 0.5) is 0 Å². The smallest absolute Gasteiger partial charge is 0.0685 e. The highest BCUT2D eigenvalue weighted by Gasteiger charge is 2.13. The van der Waals surface area contributed by atoms with E-state index in [0.717, 1.165) is 19.5 Å². The molecule has 1 atom stereocenters. The number of aryl methyl sites for hydroxylation is 1. The van der Waals surface area contributed by atoms with Crippen molar-refractivity contribution in [3.05, 3.63) is 42.1 Å². The molecule has 1 aromatic carbocycles. The predicted molar refractivity (Wildman–Crippen MR) is 80.0 cm³/mol. The molecule has 0 fully saturated rings. The lowest BCUT2D eigenvalue weighted by Crippen LogP contribution is -2.20. The molecular formula is C16H23N3. The van der Waals surface area contributed by atoms with E-state index in [-0.39, 0.29) is 0 Å². The summed E-state index contributed by atoms with van der Waals surface area (Å²) in [5.41, 5.74) is 3.81. The molecule has 1 N–H and O–H groups in total. The van der Waals surface area contributed by atoms with Gasteiger partial charge in [-0.1, -0.05) is 31.2 Å². The number of benzene rings is 1. The molecule has 3 heteroatoms. The molecule has 2 aromatic rings. The summed E-state index contributed by atoms with van der Waals surface area (Å²) in [6, 6.07) is 11.0. The van der Waals surface area contributed by atoms with Crippen LogP contribution >= 0.6 is 0 Å². The Hall–Kier alpha value is -1.61. The molecule has 0 amide bonds. The maximum absolute atomic E-state index is 4.37. The van der Waals surface area contributed by atoms with Crippen molar-refractivity contribution in [2.24, 2.45) is 0 Å². The van der Waals surface area contributed by atoms with Crippen LogP contribution in [0.5, 0.6) is 0 Å². The van der Waals surface area contributed by atoms with Crippen LogP contribution in [-0.4, -0.2) is 16.3 Å². The first-order valence-corrected chi connectivity index (χ1v) is 7.12. The fourth-order valence-electron chi connectivity index (χ4n) is 2.39. The van der Waals surface area contributed by atoms with E-state index < -0.39 is 0 Å². The maximum atomic E-state index is 4.37. The van der Waals surface area contributed by atoms with Crippen molar-refractivity contribution in [3.8, 4) is 11.3 Å². The Morgan fingerprint density at radius 3 is 2.74 bits per heavy atom. The molecule has 1 heterocycles. The molecule has 0 aliphatic rings. The van der Waals surface area contributed by atoms with Crippen LogP contribution in [0.2, 0.25) is 0 Å². The lowest BCUT2D eigenvalue weighted by Gasteiger charge is -2.18. The Morgan fingerprint density at radius 1 is 1.21 bits per heavy atom. The molecule has 0 bridgehead atoms. The molecule has 19 heavy (non-hydrogen) atoms. The molecule has 0 saturated heterocycles. The van der Waals surface area contributed by atoms with E-state index >= 15 is 0 Å². The van der Waals surface area contributed by atoms with Gasteiger partial charge in [0.05, 0.1) is 5.69 Å². The van der Waals surface area contributed by atoms with E-state index in [1.54, 1.807) is 0 Å². The number of hydrogen-bond acceptors (Lipinski definition) is 2. The summed E-state index contributed by atoms with van der Waals surface area (Å²) in [6.07, 6.45) is 3.03. The first kappa shape index (κ1) is 13.8. The van der Waals surface area contributed by atoms with Gasteiger partial charge in [-0.15, -0.1) is 0 Å². The molecule has 1 unspecified atom stereocenters. The number of nitrogens with zero attached hydrogens (tertiary/aromatic N) is 2. The van der Waals surface area contributed by atoms with Crippen LogP contribution in [0.3, 0.4) is 0 Å². The van der Waals surface area contributed by atoms with Crippen molar-refractivity contribution in [3.63, 3.8) is 0 Å². The van der Waals surface area contributed by atoms with Gasteiger partial charge in [0.1, 0.15) is 0 Å². The summed E-state index contributed by atoms with van der Waals surface area (Å²) in [5, 5.41) is 7.93. The minimum Gasteiger partial charge on any atom is -0.310 e. The molecule has 3 nitrogen and oxygen atoms in total. The Labute approximate surface area is 115 Å². The second kappa shape index (κ2) is 6.53. The standard InChI is InChI=1S/C16H23N3/c1-4-11-17-13(3)14-8-6-7-9-15(14)16-10-12-18-19(16)5-2/h6-10,12-13,17H,4-5,11H2,1-3H3. The van der Waals surface area contributed by atoms with Gasteiger partial charge in [0.2, 0.25) is 0 Å².